The molecule has 0 fully saturated rings. The second-order valence-corrected chi connectivity index (χ2v) is 7.28. The Balaban J connectivity index is 2.13. The summed E-state index contributed by atoms with van der Waals surface area (Å²) in [6, 6.07) is 8.29. The van der Waals surface area contributed by atoms with Crippen molar-refractivity contribution < 1.29 is 13.2 Å². The van der Waals surface area contributed by atoms with Crippen LogP contribution in [0.4, 0.5) is 5.69 Å². The van der Waals surface area contributed by atoms with Gasteiger partial charge in [0.25, 0.3) is 5.91 Å². The predicted octanol–water partition coefficient (Wildman–Crippen LogP) is 1.76. The highest BCUT2D eigenvalue weighted by Crippen LogP contribution is 2.34. The highest BCUT2D eigenvalue weighted by Gasteiger charge is 2.27. The largest absolute Gasteiger partial charge is 0.362 e. The predicted molar refractivity (Wildman–Crippen MR) is 84.6 cm³/mol. The molecule has 6 nitrogen and oxygen atoms in total. The number of amides is 1. The first-order chi connectivity index (χ1) is 10.4. The monoisotopic (exact) mass is 317 g/mol. The first-order valence-corrected chi connectivity index (χ1v) is 8.07. The number of rotatable bonds is 3. The number of anilines is 1. The Labute approximate surface area is 128 Å². The van der Waals surface area contributed by atoms with Gasteiger partial charge in [-0.25, -0.2) is 12.7 Å². The van der Waals surface area contributed by atoms with Crippen molar-refractivity contribution in [3.05, 3.63) is 47.8 Å². The Hall–Kier alpha value is -2.38. The maximum Gasteiger partial charge on any atom is 0.256 e. The van der Waals surface area contributed by atoms with Crippen molar-refractivity contribution in [2.75, 3.05) is 19.4 Å². The molecule has 1 aromatic carbocycles. The minimum absolute atomic E-state index is 0.158. The highest BCUT2D eigenvalue weighted by molar-refractivity contribution is 7.89. The molecule has 22 heavy (non-hydrogen) atoms. The van der Waals surface area contributed by atoms with E-state index in [4.69, 9.17) is 0 Å². The highest BCUT2D eigenvalue weighted by atomic mass is 32.2. The van der Waals surface area contributed by atoms with Gasteiger partial charge in [-0.05, 0) is 36.4 Å². The van der Waals surface area contributed by atoms with Crippen LogP contribution in [-0.4, -0.2) is 37.7 Å². The van der Waals surface area contributed by atoms with Gasteiger partial charge in [-0.1, -0.05) is 0 Å². The number of fused-ring (bicyclic) bond motifs is 1. The molecule has 1 amide bonds. The Morgan fingerprint density at radius 1 is 1.18 bits per heavy atom. The minimum Gasteiger partial charge on any atom is -0.362 e. The molecule has 0 bridgehead atoms. The van der Waals surface area contributed by atoms with Crippen LogP contribution in [0.25, 0.3) is 11.6 Å². The average molecular weight is 317 g/mol. The van der Waals surface area contributed by atoms with Gasteiger partial charge in [0.2, 0.25) is 10.0 Å². The minimum atomic E-state index is -3.54. The lowest BCUT2D eigenvalue weighted by molar-refractivity contribution is -0.110. The lowest BCUT2D eigenvalue weighted by Gasteiger charge is -2.12. The van der Waals surface area contributed by atoms with Crippen LogP contribution in [0.1, 0.15) is 11.3 Å². The Bertz CT molecular complexity index is 865. The standard InChI is InChI=1S/C15H15N3O3S/c1-18(2)22(20,21)11-5-6-14-12(9-11)13(15(19)17-14)8-10-4-3-7-16-10/h3-9,16H,1-2H3,(H,17,19)/b13-8-. The number of hydrogen-bond acceptors (Lipinski definition) is 3. The maximum atomic E-state index is 12.2. The van der Waals surface area contributed by atoms with Crippen LogP contribution in [0, 0.1) is 0 Å². The van der Waals surface area contributed by atoms with E-state index in [0.29, 0.717) is 16.8 Å². The Kier molecular flexibility index (Phi) is 3.38. The molecule has 0 spiro atoms. The number of aromatic nitrogens is 1. The van der Waals surface area contributed by atoms with Crippen LogP contribution in [-0.2, 0) is 14.8 Å². The van der Waals surface area contributed by atoms with Crippen molar-refractivity contribution in [2.24, 2.45) is 0 Å². The fraction of sp³-hybridized carbons (Fsp3) is 0.133. The summed E-state index contributed by atoms with van der Waals surface area (Å²) >= 11 is 0. The molecule has 0 unspecified atom stereocenters. The molecular formula is C15H15N3O3S. The summed E-state index contributed by atoms with van der Waals surface area (Å²) in [5.74, 6) is -0.246. The van der Waals surface area contributed by atoms with E-state index >= 15 is 0 Å². The molecule has 0 saturated heterocycles. The summed E-state index contributed by atoms with van der Waals surface area (Å²) in [6.07, 6.45) is 3.46. The summed E-state index contributed by atoms with van der Waals surface area (Å²) in [5, 5.41) is 2.74. The molecule has 3 rings (SSSR count). The number of aromatic amines is 1. The van der Waals surface area contributed by atoms with Crippen molar-refractivity contribution in [3.8, 4) is 0 Å². The van der Waals surface area contributed by atoms with Gasteiger partial charge < -0.3 is 10.3 Å². The Morgan fingerprint density at radius 2 is 1.95 bits per heavy atom. The average Bonchev–Trinajstić information content (AvgIpc) is 3.07. The van der Waals surface area contributed by atoms with Crippen molar-refractivity contribution in [2.45, 2.75) is 4.90 Å². The summed E-state index contributed by atoms with van der Waals surface area (Å²) in [7, 11) is -0.594. The molecule has 0 radical (unpaired) electrons. The van der Waals surface area contributed by atoms with E-state index in [9.17, 15) is 13.2 Å². The molecule has 114 valence electrons. The summed E-state index contributed by atoms with van der Waals surface area (Å²) in [5.41, 5.74) is 2.41. The van der Waals surface area contributed by atoms with Gasteiger partial charge in [0.05, 0.1) is 10.5 Å². The topological polar surface area (TPSA) is 82.3 Å². The normalized spacial score (nSPS) is 16.1. The van der Waals surface area contributed by atoms with Gasteiger partial charge >= 0.3 is 0 Å². The number of sulfonamides is 1. The smallest absolute Gasteiger partial charge is 0.256 e. The van der Waals surface area contributed by atoms with E-state index in [2.05, 4.69) is 10.3 Å². The van der Waals surface area contributed by atoms with Crippen molar-refractivity contribution in [1.82, 2.24) is 9.29 Å². The van der Waals surface area contributed by atoms with Crippen molar-refractivity contribution >= 4 is 33.3 Å². The second-order valence-electron chi connectivity index (χ2n) is 5.13. The lowest BCUT2D eigenvalue weighted by atomic mass is 10.1. The molecule has 0 aliphatic carbocycles. The summed E-state index contributed by atoms with van der Waals surface area (Å²) < 4.78 is 25.6. The van der Waals surface area contributed by atoms with Crippen LogP contribution < -0.4 is 5.32 Å². The van der Waals surface area contributed by atoms with Gasteiger partial charge in [0.1, 0.15) is 0 Å². The number of carbonyl (C=O) groups excluding carboxylic acids is 1. The fourth-order valence-electron chi connectivity index (χ4n) is 2.27. The molecule has 7 heteroatoms. The van der Waals surface area contributed by atoms with Crippen LogP contribution in [0.5, 0.6) is 0 Å². The quantitative estimate of drug-likeness (QED) is 0.846. The van der Waals surface area contributed by atoms with E-state index in [1.165, 1.54) is 26.2 Å². The maximum absolute atomic E-state index is 12.2. The molecule has 0 atom stereocenters. The molecule has 1 aromatic heterocycles. The third-order valence-corrected chi connectivity index (χ3v) is 5.29. The fourth-order valence-corrected chi connectivity index (χ4v) is 3.20. The number of benzene rings is 1. The number of nitrogens with zero attached hydrogens (tertiary/aromatic N) is 1. The van der Waals surface area contributed by atoms with Crippen LogP contribution in [0.3, 0.4) is 0 Å². The lowest BCUT2D eigenvalue weighted by Crippen LogP contribution is -2.22. The number of H-pyrrole nitrogens is 1. The SMILES string of the molecule is CN(C)S(=O)(=O)c1ccc2c(c1)/C(=C/c1ccc[nH]1)C(=O)N2. The van der Waals surface area contributed by atoms with E-state index in [1.807, 2.05) is 12.1 Å². The third-order valence-electron chi connectivity index (χ3n) is 3.47. The zero-order chi connectivity index (χ0) is 15.9. The summed E-state index contributed by atoms with van der Waals surface area (Å²) in [6.45, 7) is 0. The Morgan fingerprint density at radius 3 is 2.59 bits per heavy atom. The van der Waals surface area contributed by atoms with E-state index in [1.54, 1.807) is 18.3 Å². The van der Waals surface area contributed by atoms with Crippen LogP contribution >= 0.6 is 0 Å². The van der Waals surface area contributed by atoms with E-state index < -0.39 is 10.0 Å². The molecule has 2 heterocycles. The number of carbonyl (C=O) groups is 1. The third kappa shape index (κ3) is 2.34. The zero-order valence-corrected chi connectivity index (χ0v) is 12.9. The molecule has 1 aliphatic rings. The zero-order valence-electron chi connectivity index (χ0n) is 12.1. The van der Waals surface area contributed by atoms with E-state index in [0.717, 1.165) is 10.00 Å². The molecule has 1 aliphatic heterocycles. The van der Waals surface area contributed by atoms with Gasteiger partial charge in [-0.2, -0.15) is 0 Å². The first kappa shape index (κ1) is 14.6. The first-order valence-electron chi connectivity index (χ1n) is 6.63. The van der Waals surface area contributed by atoms with E-state index in [-0.39, 0.29) is 10.8 Å². The molecular weight excluding hydrogens is 302 g/mol. The van der Waals surface area contributed by atoms with Gasteiger partial charge in [-0.15, -0.1) is 0 Å². The number of nitrogens with one attached hydrogen (secondary N) is 2. The van der Waals surface area contributed by atoms with Gasteiger partial charge in [0, 0.05) is 37.2 Å². The number of hydrogen-bond donors (Lipinski definition) is 2. The van der Waals surface area contributed by atoms with Crippen molar-refractivity contribution in [1.29, 1.82) is 0 Å². The van der Waals surface area contributed by atoms with Crippen LogP contribution in [0.15, 0.2) is 41.4 Å². The molecule has 2 aromatic rings. The molecule has 2 N–H and O–H groups in total. The van der Waals surface area contributed by atoms with Crippen LogP contribution in [0.2, 0.25) is 0 Å². The molecule has 0 saturated carbocycles. The summed E-state index contributed by atoms with van der Waals surface area (Å²) in [4.78, 5) is 15.3. The van der Waals surface area contributed by atoms with Gasteiger partial charge in [-0.3, -0.25) is 4.79 Å². The van der Waals surface area contributed by atoms with Gasteiger partial charge in [0.15, 0.2) is 0 Å². The van der Waals surface area contributed by atoms with Crippen molar-refractivity contribution in [3.63, 3.8) is 0 Å². The second kappa shape index (κ2) is 5.11.